The molecule has 90 valence electrons. The number of rotatable bonds is 3. The van der Waals surface area contributed by atoms with Gasteiger partial charge in [0.15, 0.2) is 0 Å². The maximum atomic E-state index is 13.4. The number of halogens is 3. The van der Waals surface area contributed by atoms with Gasteiger partial charge in [-0.15, -0.1) is 11.3 Å². The molecule has 0 amide bonds. The van der Waals surface area contributed by atoms with Gasteiger partial charge in [-0.25, -0.2) is 8.78 Å². The van der Waals surface area contributed by atoms with Gasteiger partial charge in [-0.1, -0.05) is 6.07 Å². The second-order valence-corrected chi connectivity index (χ2v) is 5.93. The van der Waals surface area contributed by atoms with Gasteiger partial charge in [0.05, 0.1) is 9.89 Å². The molecule has 0 aliphatic heterocycles. The minimum atomic E-state index is -0.780. The van der Waals surface area contributed by atoms with Crippen LogP contribution in [0.4, 0.5) is 8.78 Å². The van der Waals surface area contributed by atoms with Crippen molar-refractivity contribution in [3.05, 3.63) is 56.2 Å². The molecule has 1 unspecified atom stereocenters. The molecule has 1 atom stereocenters. The molecule has 2 rings (SSSR count). The molecule has 1 nitrogen and oxygen atoms in total. The van der Waals surface area contributed by atoms with Crippen LogP contribution in [0.5, 0.6) is 0 Å². The monoisotopic (exact) mass is 318 g/mol. The molecule has 0 saturated heterocycles. The van der Waals surface area contributed by atoms with E-state index in [1.807, 2.05) is 0 Å². The summed E-state index contributed by atoms with van der Waals surface area (Å²) in [5.74, 6) is -1.24. The zero-order chi connectivity index (χ0) is 12.4. The van der Waals surface area contributed by atoms with Crippen molar-refractivity contribution >= 4 is 27.3 Å². The van der Waals surface area contributed by atoms with Gasteiger partial charge in [0.25, 0.3) is 0 Å². The fourth-order valence-electron chi connectivity index (χ4n) is 1.51. The molecule has 5 heteroatoms. The van der Waals surface area contributed by atoms with Gasteiger partial charge in [0.1, 0.15) is 11.6 Å². The molecular weight excluding hydrogens is 310 g/mol. The van der Waals surface area contributed by atoms with E-state index in [0.29, 0.717) is 5.56 Å². The molecule has 1 aromatic heterocycles. The Morgan fingerprint density at radius 1 is 1.29 bits per heavy atom. The minimum absolute atomic E-state index is 0.134. The number of aliphatic hydroxyl groups is 1. The van der Waals surface area contributed by atoms with Crippen molar-refractivity contribution in [3.63, 3.8) is 0 Å². The number of hydrogen-bond acceptors (Lipinski definition) is 2. The van der Waals surface area contributed by atoms with E-state index in [-0.39, 0.29) is 6.42 Å². The van der Waals surface area contributed by atoms with Gasteiger partial charge in [-0.3, -0.25) is 0 Å². The second kappa shape index (κ2) is 5.25. The predicted octanol–water partition coefficient (Wildman–Crippen LogP) is 4.06. The summed E-state index contributed by atoms with van der Waals surface area (Å²) >= 11 is 4.75. The number of hydrogen-bond donors (Lipinski definition) is 1. The van der Waals surface area contributed by atoms with Crippen LogP contribution in [-0.2, 0) is 6.42 Å². The maximum absolute atomic E-state index is 13.4. The van der Waals surface area contributed by atoms with Crippen molar-refractivity contribution in [1.82, 2.24) is 0 Å². The molecule has 0 radical (unpaired) electrons. The molecule has 1 N–H and O–H groups in total. The van der Waals surface area contributed by atoms with E-state index < -0.39 is 17.7 Å². The molecule has 0 spiro atoms. The Bertz CT molecular complexity index is 527. The van der Waals surface area contributed by atoms with Crippen molar-refractivity contribution in [2.45, 2.75) is 12.5 Å². The van der Waals surface area contributed by atoms with Gasteiger partial charge >= 0.3 is 0 Å². The number of benzene rings is 1. The van der Waals surface area contributed by atoms with Gasteiger partial charge < -0.3 is 5.11 Å². The number of aliphatic hydroxyl groups excluding tert-OH is 1. The van der Waals surface area contributed by atoms with E-state index in [4.69, 9.17) is 0 Å². The Hall–Kier alpha value is -0.780. The van der Waals surface area contributed by atoms with Gasteiger partial charge in [-0.2, -0.15) is 0 Å². The smallest absolute Gasteiger partial charge is 0.129 e. The Balaban J connectivity index is 2.15. The van der Waals surface area contributed by atoms with Crippen molar-refractivity contribution in [2.75, 3.05) is 0 Å². The minimum Gasteiger partial charge on any atom is -0.388 e. The summed E-state index contributed by atoms with van der Waals surface area (Å²) in [6.07, 6.45) is -0.646. The van der Waals surface area contributed by atoms with Crippen molar-refractivity contribution < 1.29 is 13.9 Å². The Morgan fingerprint density at radius 2 is 2.06 bits per heavy atom. The van der Waals surface area contributed by atoms with Crippen molar-refractivity contribution in [3.8, 4) is 0 Å². The molecule has 0 aliphatic rings. The summed E-state index contributed by atoms with van der Waals surface area (Å²) in [4.78, 5) is 0. The van der Waals surface area contributed by atoms with Crippen LogP contribution in [-0.4, -0.2) is 5.11 Å². The van der Waals surface area contributed by atoms with E-state index in [9.17, 15) is 13.9 Å². The van der Waals surface area contributed by atoms with Gasteiger partial charge in [0, 0.05) is 12.5 Å². The van der Waals surface area contributed by atoms with Crippen LogP contribution in [0.2, 0.25) is 0 Å². The molecule has 0 aliphatic carbocycles. The second-order valence-electron chi connectivity index (χ2n) is 3.64. The summed E-state index contributed by atoms with van der Waals surface area (Å²) in [5, 5.41) is 11.7. The fourth-order valence-corrected chi connectivity index (χ4v) is 2.73. The summed E-state index contributed by atoms with van der Waals surface area (Å²) in [7, 11) is 0. The highest BCUT2D eigenvalue weighted by Crippen LogP contribution is 2.27. The third-order valence-corrected chi connectivity index (χ3v) is 3.92. The van der Waals surface area contributed by atoms with Crippen LogP contribution < -0.4 is 0 Å². The molecule has 0 saturated carbocycles. The van der Waals surface area contributed by atoms with Crippen LogP contribution in [0, 0.1) is 11.6 Å². The summed E-state index contributed by atoms with van der Waals surface area (Å²) in [6, 6.07) is 5.16. The standard InChI is InChI=1S/C12H9BrF2OS/c13-12-4-8(6-17-12)11(16)3-7-1-2-9(14)5-10(7)15/h1-2,4-6,11,16H,3H2. The molecule has 0 bridgehead atoms. The first-order valence-corrected chi connectivity index (χ1v) is 6.59. The maximum Gasteiger partial charge on any atom is 0.129 e. The van der Waals surface area contributed by atoms with E-state index in [1.165, 1.54) is 23.5 Å². The van der Waals surface area contributed by atoms with Crippen LogP contribution in [0.25, 0.3) is 0 Å². The van der Waals surface area contributed by atoms with E-state index in [2.05, 4.69) is 15.9 Å². The lowest BCUT2D eigenvalue weighted by atomic mass is 10.0. The zero-order valence-electron chi connectivity index (χ0n) is 8.66. The third-order valence-electron chi connectivity index (χ3n) is 2.40. The van der Waals surface area contributed by atoms with Crippen LogP contribution in [0.1, 0.15) is 17.2 Å². The lowest BCUT2D eigenvalue weighted by Gasteiger charge is -2.09. The van der Waals surface area contributed by atoms with E-state index >= 15 is 0 Å². The molecule has 17 heavy (non-hydrogen) atoms. The molecule has 2 aromatic rings. The lowest BCUT2D eigenvalue weighted by molar-refractivity contribution is 0.177. The first kappa shape index (κ1) is 12.7. The van der Waals surface area contributed by atoms with Gasteiger partial charge in [0.2, 0.25) is 0 Å². The highest BCUT2D eigenvalue weighted by Gasteiger charge is 2.13. The Labute approximate surface area is 110 Å². The Morgan fingerprint density at radius 3 is 2.65 bits per heavy atom. The van der Waals surface area contributed by atoms with Gasteiger partial charge in [-0.05, 0) is 44.6 Å². The quantitative estimate of drug-likeness (QED) is 0.904. The molecule has 0 fully saturated rings. The topological polar surface area (TPSA) is 20.2 Å². The molecular formula is C12H9BrF2OS. The predicted molar refractivity (Wildman–Crippen MR) is 67.0 cm³/mol. The fraction of sp³-hybridized carbons (Fsp3) is 0.167. The normalized spacial score (nSPS) is 12.7. The average Bonchev–Trinajstić information content (AvgIpc) is 2.69. The van der Waals surface area contributed by atoms with E-state index in [1.54, 1.807) is 11.4 Å². The lowest BCUT2D eigenvalue weighted by Crippen LogP contribution is -2.02. The molecule has 1 heterocycles. The van der Waals surface area contributed by atoms with E-state index in [0.717, 1.165) is 15.4 Å². The summed E-state index contributed by atoms with van der Waals surface area (Å²) in [5.41, 5.74) is 1.03. The number of thiophene rings is 1. The highest BCUT2D eigenvalue weighted by atomic mass is 79.9. The van der Waals surface area contributed by atoms with Crippen LogP contribution >= 0.6 is 27.3 Å². The highest BCUT2D eigenvalue weighted by molar-refractivity contribution is 9.11. The average molecular weight is 319 g/mol. The Kier molecular flexibility index (Phi) is 3.91. The van der Waals surface area contributed by atoms with Crippen LogP contribution in [0.15, 0.2) is 33.4 Å². The summed E-state index contributed by atoms with van der Waals surface area (Å²) in [6.45, 7) is 0. The molecule has 1 aromatic carbocycles. The third kappa shape index (κ3) is 3.12. The SMILES string of the molecule is OC(Cc1ccc(F)cc1F)c1csc(Br)c1. The van der Waals surface area contributed by atoms with Crippen molar-refractivity contribution in [1.29, 1.82) is 0 Å². The first-order valence-electron chi connectivity index (χ1n) is 4.92. The van der Waals surface area contributed by atoms with Crippen LogP contribution in [0.3, 0.4) is 0 Å². The zero-order valence-corrected chi connectivity index (χ0v) is 11.1. The largest absolute Gasteiger partial charge is 0.388 e. The first-order chi connectivity index (χ1) is 8.06. The van der Waals surface area contributed by atoms with Crippen molar-refractivity contribution in [2.24, 2.45) is 0 Å². The summed E-state index contributed by atoms with van der Waals surface area (Å²) < 4.78 is 27.0.